The van der Waals surface area contributed by atoms with Crippen LogP contribution in [0, 0.1) is 17.6 Å². The van der Waals surface area contributed by atoms with Crippen molar-refractivity contribution >= 4 is 17.2 Å². The molecule has 1 N–H and O–H groups in total. The number of ether oxygens (including phenoxy) is 1. The van der Waals surface area contributed by atoms with E-state index in [0.717, 1.165) is 43.5 Å². The van der Waals surface area contributed by atoms with Crippen molar-refractivity contribution in [3.8, 4) is 16.9 Å². The molecule has 1 aliphatic heterocycles. The lowest BCUT2D eigenvalue weighted by Gasteiger charge is -2.31. The molecule has 0 spiro atoms. The summed E-state index contributed by atoms with van der Waals surface area (Å²) in [6.45, 7) is 3.96. The number of halogens is 2. The zero-order chi connectivity index (χ0) is 24.8. The van der Waals surface area contributed by atoms with Crippen molar-refractivity contribution in [1.82, 2.24) is 14.7 Å². The largest absolute Gasteiger partial charge is 0.760 e. The molecule has 1 fully saturated rings. The normalized spacial score (nSPS) is 15.3. The maximum Gasteiger partial charge on any atom is 0.225 e. The molecule has 186 valence electrons. The minimum absolute atomic E-state index is 0.142. The van der Waals surface area contributed by atoms with Crippen molar-refractivity contribution in [2.45, 2.75) is 32.7 Å². The summed E-state index contributed by atoms with van der Waals surface area (Å²) >= 11 is -2.35. The second kappa shape index (κ2) is 11.7. The summed E-state index contributed by atoms with van der Waals surface area (Å²) in [4.78, 5) is 11.0. The number of rotatable bonds is 9. The first-order valence-electron chi connectivity index (χ1n) is 11.5. The van der Waals surface area contributed by atoms with E-state index < -0.39 is 22.9 Å². The number of benzene rings is 2. The maximum atomic E-state index is 14.7. The van der Waals surface area contributed by atoms with E-state index in [0.29, 0.717) is 17.1 Å². The van der Waals surface area contributed by atoms with Gasteiger partial charge < -0.3 is 14.2 Å². The summed E-state index contributed by atoms with van der Waals surface area (Å²) in [6, 6.07) is 9.27. The molecule has 0 bridgehead atoms. The Kier molecular flexibility index (Phi) is 8.37. The third-order valence-corrected chi connectivity index (χ3v) is 6.52. The van der Waals surface area contributed by atoms with Gasteiger partial charge in [-0.25, -0.2) is 23.5 Å². The molecule has 0 aliphatic carbocycles. The molecule has 1 unspecified atom stereocenters. The monoisotopic (exact) mass is 501 g/mol. The number of piperidine rings is 1. The van der Waals surface area contributed by atoms with E-state index in [9.17, 15) is 17.5 Å². The average molecular weight is 502 g/mol. The lowest BCUT2D eigenvalue weighted by molar-refractivity contribution is 0.207. The number of anilines is 1. The average Bonchev–Trinajstić information content (AvgIpc) is 2.87. The molecule has 0 amide bonds. The molecule has 0 radical (unpaired) electrons. The van der Waals surface area contributed by atoms with Crippen LogP contribution in [0.5, 0.6) is 5.75 Å². The first kappa shape index (κ1) is 25.2. The van der Waals surface area contributed by atoms with E-state index in [-0.39, 0.29) is 24.8 Å². The number of hydrogen-bond acceptors (Lipinski definition) is 6. The molecular weight excluding hydrogens is 474 g/mol. The van der Waals surface area contributed by atoms with Gasteiger partial charge in [0.2, 0.25) is 5.95 Å². The van der Waals surface area contributed by atoms with Gasteiger partial charge in [-0.05, 0) is 59.6 Å². The molecule has 2 aromatic carbocycles. The van der Waals surface area contributed by atoms with Crippen LogP contribution < -0.4 is 14.4 Å². The van der Waals surface area contributed by atoms with Crippen molar-refractivity contribution in [3.05, 3.63) is 71.6 Å². The Balaban J connectivity index is 1.32. The Hall–Kier alpha value is -2.95. The zero-order valence-electron chi connectivity index (χ0n) is 19.4. The Bertz CT molecular complexity index is 1130. The molecular formula is C25H27F2N4O3S-. The molecule has 4 rings (SSSR count). The van der Waals surface area contributed by atoms with E-state index in [1.54, 1.807) is 24.3 Å². The summed E-state index contributed by atoms with van der Waals surface area (Å²) in [7, 11) is 0. The van der Waals surface area contributed by atoms with Gasteiger partial charge in [-0.1, -0.05) is 31.2 Å². The molecule has 0 saturated carbocycles. The zero-order valence-corrected chi connectivity index (χ0v) is 20.2. The van der Waals surface area contributed by atoms with Gasteiger partial charge in [-0.3, -0.25) is 4.21 Å². The molecule has 2 heterocycles. The second-order valence-electron chi connectivity index (χ2n) is 8.51. The lowest BCUT2D eigenvalue weighted by Crippen LogP contribution is -2.36. The summed E-state index contributed by atoms with van der Waals surface area (Å²) in [6.07, 6.45) is 6.22. The fourth-order valence-electron chi connectivity index (χ4n) is 4.02. The third-order valence-electron chi connectivity index (χ3n) is 6.14. The van der Waals surface area contributed by atoms with Crippen molar-refractivity contribution in [2.75, 3.05) is 24.6 Å². The Labute approximate surface area is 206 Å². The van der Waals surface area contributed by atoms with Crippen LogP contribution in [-0.4, -0.2) is 38.4 Å². The fourth-order valence-corrected chi connectivity index (χ4v) is 4.30. The van der Waals surface area contributed by atoms with Gasteiger partial charge >= 0.3 is 0 Å². The van der Waals surface area contributed by atoms with Crippen LogP contribution in [0.2, 0.25) is 0 Å². The number of hydrogen-bond donors (Lipinski definition) is 1. The number of aryl methyl sites for hydroxylation is 1. The highest BCUT2D eigenvalue weighted by Crippen LogP contribution is 2.30. The van der Waals surface area contributed by atoms with Crippen LogP contribution in [-0.2, 0) is 24.2 Å². The van der Waals surface area contributed by atoms with Crippen LogP contribution in [0.4, 0.5) is 14.7 Å². The summed E-state index contributed by atoms with van der Waals surface area (Å²) < 4.78 is 58.5. The van der Waals surface area contributed by atoms with Crippen molar-refractivity contribution in [2.24, 2.45) is 5.92 Å². The molecule has 10 heteroatoms. The molecule has 3 aromatic rings. The third kappa shape index (κ3) is 6.59. The van der Waals surface area contributed by atoms with Crippen LogP contribution >= 0.6 is 0 Å². The van der Waals surface area contributed by atoms with Crippen LogP contribution in [0.3, 0.4) is 0 Å². The molecule has 1 aromatic heterocycles. The van der Waals surface area contributed by atoms with Crippen molar-refractivity contribution in [3.63, 3.8) is 0 Å². The van der Waals surface area contributed by atoms with Gasteiger partial charge in [0, 0.05) is 43.3 Å². The standard InChI is InChI=1S/C25H28F2N4O3S/c1-2-17-13-28-25(29-14-17)31-9-7-19(8-10-31)16-34-24-22(26)11-21(12-23(24)27)20-5-3-18(4-6-20)15-30-35(32)33/h3-6,11-14,19,30H,2,7-10,15-16H2,1H3,(H,32,33)/p-1. The summed E-state index contributed by atoms with van der Waals surface area (Å²) in [5, 5.41) is 0. The van der Waals surface area contributed by atoms with E-state index >= 15 is 0 Å². The molecule has 1 saturated heterocycles. The quantitative estimate of drug-likeness (QED) is 0.443. The van der Waals surface area contributed by atoms with E-state index in [2.05, 4.69) is 26.5 Å². The van der Waals surface area contributed by atoms with Crippen molar-refractivity contribution < 1.29 is 22.3 Å². The Morgan fingerprint density at radius 1 is 1.06 bits per heavy atom. The number of nitrogens with one attached hydrogen (secondary N) is 1. The van der Waals surface area contributed by atoms with Crippen LogP contribution in [0.25, 0.3) is 11.1 Å². The first-order chi connectivity index (χ1) is 16.9. The highest BCUT2D eigenvalue weighted by molar-refractivity contribution is 7.77. The topological polar surface area (TPSA) is 90.4 Å². The highest BCUT2D eigenvalue weighted by atomic mass is 32.2. The van der Waals surface area contributed by atoms with Gasteiger partial charge in [0.15, 0.2) is 17.4 Å². The highest BCUT2D eigenvalue weighted by Gasteiger charge is 2.23. The minimum Gasteiger partial charge on any atom is -0.760 e. The maximum absolute atomic E-state index is 14.7. The van der Waals surface area contributed by atoms with Gasteiger partial charge in [0.1, 0.15) is 0 Å². The molecule has 35 heavy (non-hydrogen) atoms. The minimum atomic E-state index is -2.35. The SMILES string of the molecule is CCc1cnc(N2CCC(COc3c(F)cc(-c4ccc(CNS(=O)[O-])cc4)cc3F)CC2)nc1. The van der Waals surface area contributed by atoms with Gasteiger partial charge in [-0.2, -0.15) is 0 Å². The predicted molar refractivity (Wildman–Crippen MR) is 129 cm³/mol. The number of aromatic nitrogens is 2. The summed E-state index contributed by atoms with van der Waals surface area (Å²) in [5.74, 6) is -0.986. The fraction of sp³-hybridized carbons (Fsp3) is 0.360. The van der Waals surface area contributed by atoms with Crippen LogP contribution in [0.1, 0.15) is 30.9 Å². The smallest absolute Gasteiger partial charge is 0.225 e. The second-order valence-corrected chi connectivity index (χ2v) is 9.27. The molecule has 1 atom stereocenters. The van der Waals surface area contributed by atoms with Gasteiger partial charge in [0.25, 0.3) is 0 Å². The van der Waals surface area contributed by atoms with E-state index in [1.165, 1.54) is 12.1 Å². The van der Waals surface area contributed by atoms with E-state index in [4.69, 9.17) is 4.74 Å². The summed E-state index contributed by atoms with van der Waals surface area (Å²) in [5.41, 5.74) is 2.81. The van der Waals surface area contributed by atoms with Gasteiger partial charge in [-0.15, -0.1) is 0 Å². The van der Waals surface area contributed by atoms with Crippen LogP contribution in [0.15, 0.2) is 48.8 Å². The molecule has 7 nitrogen and oxygen atoms in total. The Morgan fingerprint density at radius 3 is 2.26 bits per heavy atom. The number of nitrogens with zero attached hydrogens (tertiary/aromatic N) is 3. The van der Waals surface area contributed by atoms with Crippen molar-refractivity contribution in [1.29, 1.82) is 0 Å². The Morgan fingerprint density at radius 2 is 1.69 bits per heavy atom. The lowest BCUT2D eigenvalue weighted by atomic mass is 9.98. The first-order valence-corrected chi connectivity index (χ1v) is 12.6. The molecule has 1 aliphatic rings. The van der Waals surface area contributed by atoms with Gasteiger partial charge in [0.05, 0.1) is 6.61 Å². The predicted octanol–water partition coefficient (Wildman–Crippen LogP) is 4.16. The van der Waals surface area contributed by atoms with E-state index in [1.807, 2.05) is 12.4 Å².